The van der Waals surface area contributed by atoms with Gasteiger partial charge in [0.1, 0.15) is 0 Å². The minimum absolute atomic E-state index is 0.0879. The summed E-state index contributed by atoms with van der Waals surface area (Å²) in [6, 6.07) is 18.8. The van der Waals surface area contributed by atoms with Gasteiger partial charge >= 0.3 is 5.97 Å². The fourth-order valence-electron chi connectivity index (χ4n) is 2.80. The standard InChI is InChI=1S/C21H18ClN3O3/c1-2-28-20(27)18-16(13-23-21(22)25-18)24-19(26)17(14-9-5-3-6-10-14)15-11-7-4-8-12-15/h3-13,17H,2H2,1H3,(H,24,26). The van der Waals surface area contributed by atoms with Crippen molar-refractivity contribution in [3.63, 3.8) is 0 Å². The molecule has 0 aliphatic carbocycles. The average Bonchev–Trinajstić information content (AvgIpc) is 2.71. The van der Waals surface area contributed by atoms with Gasteiger partial charge in [-0.25, -0.2) is 14.8 Å². The quantitative estimate of drug-likeness (QED) is 0.502. The maximum atomic E-state index is 13.2. The first-order valence-corrected chi connectivity index (χ1v) is 9.08. The number of benzene rings is 2. The summed E-state index contributed by atoms with van der Waals surface area (Å²) in [7, 11) is 0. The summed E-state index contributed by atoms with van der Waals surface area (Å²) in [5.74, 6) is -1.58. The van der Waals surface area contributed by atoms with Crippen molar-refractivity contribution in [1.29, 1.82) is 0 Å². The van der Waals surface area contributed by atoms with Crippen LogP contribution in [-0.4, -0.2) is 28.5 Å². The number of nitrogens with one attached hydrogen (secondary N) is 1. The second-order valence-electron chi connectivity index (χ2n) is 5.87. The van der Waals surface area contributed by atoms with Crippen molar-refractivity contribution < 1.29 is 14.3 Å². The first-order chi connectivity index (χ1) is 13.6. The molecular weight excluding hydrogens is 378 g/mol. The van der Waals surface area contributed by atoms with Crippen LogP contribution in [0.5, 0.6) is 0 Å². The Kier molecular flexibility index (Phi) is 6.34. The van der Waals surface area contributed by atoms with Crippen LogP contribution in [0.2, 0.25) is 5.28 Å². The van der Waals surface area contributed by atoms with E-state index in [1.807, 2.05) is 60.7 Å². The predicted molar refractivity (Wildman–Crippen MR) is 106 cm³/mol. The zero-order valence-electron chi connectivity index (χ0n) is 15.1. The number of carbonyl (C=O) groups excluding carboxylic acids is 2. The molecule has 1 N–H and O–H groups in total. The van der Waals surface area contributed by atoms with Gasteiger partial charge < -0.3 is 10.1 Å². The van der Waals surface area contributed by atoms with Crippen molar-refractivity contribution in [1.82, 2.24) is 9.97 Å². The van der Waals surface area contributed by atoms with Crippen LogP contribution in [0.1, 0.15) is 34.5 Å². The lowest BCUT2D eigenvalue weighted by Crippen LogP contribution is -2.24. The van der Waals surface area contributed by atoms with Crippen molar-refractivity contribution in [2.75, 3.05) is 11.9 Å². The number of nitrogens with zero attached hydrogens (tertiary/aromatic N) is 2. The van der Waals surface area contributed by atoms with Gasteiger partial charge in [0.15, 0.2) is 5.69 Å². The molecule has 0 atom stereocenters. The summed E-state index contributed by atoms with van der Waals surface area (Å²) in [4.78, 5) is 33.2. The van der Waals surface area contributed by atoms with E-state index >= 15 is 0 Å². The van der Waals surface area contributed by atoms with E-state index in [0.29, 0.717) is 0 Å². The van der Waals surface area contributed by atoms with Crippen molar-refractivity contribution in [3.8, 4) is 0 Å². The summed E-state index contributed by atoms with van der Waals surface area (Å²) in [6.07, 6.45) is 1.30. The first-order valence-electron chi connectivity index (χ1n) is 8.70. The van der Waals surface area contributed by atoms with Crippen LogP contribution in [0.25, 0.3) is 0 Å². The van der Waals surface area contributed by atoms with Crippen LogP contribution >= 0.6 is 11.6 Å². The maximum Gasteiger partial charge on any atom is 0.359 e. The van der Waals surface area contributed by atoms with Crippen LogP contribution in [0.4, 0.5) is 5.69 Å². The predicted octanol–water partition coefficient (Wildman–Crippen LogP) is 4.08. The number of hydrogen-bond acceptors (Lipinski definition) is 5. The topological polar surface area (TPSA) is 81.2 Å². The SMILES string of the molecule is CCOC(=O)c1nc(Cl)ncc1NC(=O)C(c1ccccc1)c1ccccc1. The molecule has 0 unspecified atom stereocenters. The number of ether oxygens (including phenoxy) is 1. The van der Waals surface area contributed by atoms with E-state index < -0.39 is 11.9 Å². The summed E-state index contributed by atoms with van der Waals surface area (Å²) in [5, 5.41) is 2.64. The van der Waals surface area contributed by atoms with Gasteiger partial charge in [-0.2, -0.15) is 0 Å². The molecule has 2 aromatic carbocycles. The third kappa shape index (κ3) is 4.53. The molecule has 142 valence electrons. The van der Waals surface area contributed by atoms with Gasteiger partial charge in [0.05, 0.1) is 24.4 Å². The van der Waals surface area contributed by atoms with E-state index in [9.17, 15) is 9.59 Å². The number of esters is 1. The van der Waals surface area contributed by atoms with Gasteiger partial charge in [-0.15, -0.1) is 0 Å². The molecule has 0 saturated heterocycles. The molecule has 0 saturated carbocycles. The number of hydrogen-bond donors (Lipinski definition) is 1. The van der Waals surface area contributed by atoms with Crippen LogP contribution in [0.3, 0.4) is 0 Å². The molecule has 6 nitrogen and oxygen atoms in total. The minimum atomic E-state index is -0.682. The van der Waals surface area contributed by atoms with Crippen LogP contribution < -0.4 is 5.32 Å². The Bertz CT molecular complexity index is 926. The van der Waals surface area contributed by atoms with Gasteiger partial charge in [-0.05, 0) is 29.7 Å². The molecule has 1 aromatic heterocycles. The van der Waals surface area contributed by atoms with Crippen LogP contribution in [-0.2, 0) is 9.53 Å². The molecule has 3 aromatic rings. The fourth-order valence-corrected chi connectivity index (χ4v) is 2.93. The van der Waals surface area contributed by atoms with Crippen LogP contribution in [0.15, 0.2) is 66.9 Å². The van der Waals surface area contributed by atoms with Gasteiger partial charge in [0.25, 0.3) is 0 Å². The lowest BCUT2D eigenvalue weighted by atomic mass is 9.90. The summed E-state index contributed by atoms with van der Waals surface area (Å²) < 4.78 is 5.00. The van der Waals surface area contributed by atoms with E-state index in [-0.39, 0.29) is 29.2 Å². The minimum Gasteiger partial charge on any atom is -0.461 e. The Balaban J connectivity index is 1.97. The van der Waals surface area contributed by atoms with E-state index in [0.717, 1.165) is 11.1 Å². The number of halogens is 1. The lowest BCUT2D eigenvalue weighted by Gasteiger charge is -2.18. The normalized spacial score (nSPS) is 10.5. The van der Waals surface area contributed by atoms with Gasteiger partial charge in [0.2, 0.25) is 11.2 Å². The van der Waals surface area contributed by atoms with E-state index in [4.69, 9.17) is 16.3 Å². The molecule has 0 spiro atoms. The molecule has 0 aliphatic rings. The highest BCUT2D eigenvalue weighted by Crippen LogP contribution is 2.27. The molecule has 1 amide bonds. The number of carbonyl (C=O) groups is 2. The Morgan fingerprint density at radius 2 is 1.61 bits per heavy atom. The molecule has 3 rings (SSSR count). The monoisotopic (exact) mass is 395 g/mol. The molecule has 1 heterocycles. The molecule has 0 aliphatic heterocycles. The van der Waals surface area contributed by atoms with Gasteiger partial charge in [-0.1, -0.05) is 60.7 Å². The number of anilines is 1. The Hall–Kier alpha value is -3.25. The highest BCUT2D eigenvalue weighted by atomic mass is 35.5. The molecule has 0 fully saturated rings. The molecule has 0 bridgehead atoms. The zero-order chi connectivity index (χ0) is 19.9. The Morgan fingerprint density at radius 1 is 1.04 bits per heavy atom. The highest BCUT2D eigenvalue weighted by molar-refractivity contribution is 6.28. The van der Waals surface area contributed by atoms with E-state index in [2.05, 4.69) is 15.3 Å². The van der Waals surface area contributed by atoms with Crippen molar-refractivity contribution in [3.05, 3.63) is 89.0 Å². The molecule has 28 heavy (non-hydrogen) atoms. The number of rotatable bonds is 6. The third-order valence-corrected chi connectivity index (χ3v) is 4.20. The molecule has 0 radical (unpaired) electrons. The second kappa shape index (κ2) is 9.10. The number of amides is 1. The first kappa shape index (κ1) is 19.5. The fraction of sp³-hybridized carbons (Fsp3) is 0.143. The lowest BCUT2D eigenvalue weighted by molar-refractivity contribution is -0.116. The Labute approximate surface area is 167 Å². The Morgan fingerprint density at radius 3 is 2.14 bits per heavy atom. The highest BCUT2D eigenvalue weighted by Gasteiger charge is 2.25. The van der Waals surface area contributed by atoms with Crippen molar-refractivity contribution >= 4 is 29.2 Å². The van der Waals surface area contributed by atoms with Crippen molar-refractivity contribution in [2.45, 2.75) is 12.8 Å². The second-order valence-corrected chi connectivity index (χ2v) is 6.20. The average molecular weight is 396 g/mol. The van der Waals surface area contributed by atoms with E-state index in [1.165, 1.54) is 6.20 Å². The van der Waals surface area contributed by atoms with Crippen LogP contribution in [0, 0.1) is 0 Å². The van der Waals surface area contributed by atoms with Gasteiger partial charge in [-0.3, -0.25) is 4.79 Å². The summed E-state index contributed by atoms with van der Waals surface area (Å²) >= 11 is 5.81. The largest absolute Gasteiger partial charge is 0.461 e. The molecule has 7 heteroatoms. The zero-order valence-corrected chi connectivity index (χ0v) is 15.9. The summed E-state index contributed by atoms with van der Waals surface area (Å²) in [5.41, 5.74) is 1.69. The number of aromatic nitrogens is 2. The van der Waals surface area contributed by atoms with Crippen molar-refractivity contribution in [2.24, 2.45) is 0 Å². The maximum absolute atomic E-state index is 13.2. The smallest absolute Gasteiger partial charge is 0.359 e. The molecular formula is C21H18ClN3O3. The third-order valence-electron chi connectivity index (χ3n) is 4.01. The van der Waals surface area contributed by atoms with E-state index in [1.54, 1.807) is 6.92 Å². The summed E-state index contributed by atoms with van der Waals surface area (Å²) in [6.45, 7) is 1.85. The van der Waals surface area contributed by atoms with Gasteiger partial charge in [0, 0.05) is 0 Å².